The van der Waals surface area contributed by atoms with E-state index in [2.05, 4.69) is 15.3 Å². The molecule has 0 radical (unpaired) electrons. The Labute approximate surface area is 205 Å². The number of benzene rings is 1. The Hall–Kier alpha value is -3.11. The van der Waals surface area contributed by atoms with E-state index in [1.807, 2.05) is 6.07 Å². The molecular formula is C25H32N4O5S. The summed E-state index contributed by atoms with van der Waals surface area (Å²) in [4.78, 5) is 19.7. The predicted octanol–water partition coefficient (Wildman–Crippen LogP) is 3.58. The van der Waals surface area contributed by atoms with Gasteiger partial charge >= 0.3 is 0 Å². The highest BCUT2D eigenvalue weighted by Crippen LogP contribution is 2.33. The number of pyridine rings is 1. The Kier molecular flexibility index (Phi) is 7.92. The van der Waals surface area contributed by atoms with E-state index < -0.39 is 10.0 Å². The number of carbonyl (C=O) groups excluding carboxylic acids is 1. The number of hydrogen-bond donors (Lipinski definition) is 2. The number of sulfonamides is 1. The summed E-state index contributed by atoms with van der Waals surface area (Å²) in [5, 5.41) is 3.88. The minimum Gasteiger partial charge on any atom is -0.497 e. The van der Waals surface area contributed by atoms with Crippen LogP contribution in [0.2, 0.25) is 0 Å². The molecule has 2 N–H and O–H groups in total. The highest BCUT2D eigenvalue weighted by Gasteiger charge is 2.31. The van der Waals surface area contributed by atoms with Gasteiger partial charge in [-0.1, -0.05) is 12.8 Å². The third-order valence-corrected chi connectivity index (χ3v) is 8.47. The van der Waals surface area contributed by atoms with Crippen LogP contribution < -0.4 is 14.8 Å². The second kappa shape index (κ2) is 11.1. The lowest BCUT2D eigenvalue weighted by molar-refractivity contribution is 0.0948. The number of piperidine rings is 1. The van der Waals surface area contributed by atoms with Crippen molar-refractivity contribution in [3.05, 3.63) is 48.4 Å². The van der Waals surface area contributed by atoms with Crippen LogP contribution in [0.3, 0.4) is 0 Å². The molecule has 0 unspecified atom stereocenters. The molecule has 3 heterocycles. The minimum absolute atomic E-state index is 0.118. The molecule has 0 spiro atoms. The highest BCUT2D eigenvalue weighted by atomic mass is 32.2. The van der Waals surface area contributed by atoms with E-state index in [-0.39, 0.29) is 10.8 Å². The number of nitrogens with zero attached hydrogens (tertiary/aromatic N) is 2. The van der Waals surface area contributed by atoms with Crippen molar-refractivity contribution in [3.8, 4) is 11.5 Å². The van der Waals surface area contributed by atoms with E-state index in [1.54, 1.807) is 30.6 Å². The monoisotopic (exact) mass is 500 g/mol. The van der Waals surface area contributed by atoms with Crippen molar-refractivity contribution in [2.45, 2.75) is 37.0 Å². The first-order chi connectivity index (χ1) is 16.9. The van der Waals surface area contributed by atoms with Gasteiger partial charge in [-0.05, 0) is 49.4 Å². The summed E-state index contributed by atoms with van der Waals surface area (Å²) in [6, 6.07) is 8.47. The molecule has 0 aliphatic carbocycles. The topological polar surface area (TPSA) is 114 Å². The number of H-pyrrole nitrogens is 1. The molecule has 0 atom stereocenters. The number of rotatable bonds is 10. The van der Waals surface area contributed by atoms with Gasteiger partial charge in [-0.25, -0.2) is 8.42 Å². The lowest BCUT2D eigenvalue weighted by Gasteiger charge is -2.31. The smallest absolute Gasteiger partial charge is 0.267 e. The summed E-state index contributed by atoms with van der Waals surface area (Å²) in [5.74, 6) is 1.16. The van der Waals surface area contributed by atoms with Gasteiger partial charge in [-0.15, -0.1) is 0 Å². The Morgan fingerprint density at radius 3 is 2.66 bits per heavy atom. The van der Waals surface area contributed by atoms with Crippen LogP contribution in [-0.2, 0) is 10.0 Å². The summed E-state index contributed by atoms with van der Waals surface area (Å²) in [5.41, 5.74) is 1.43. The van der Waals surface area contributed by atoms with Crippen LogP contribution in [0.4, 0.5) is 0 Å². The van der Waals surface area contributed by atoms with Crippen molar-refractivity contribution in [2.75, 3.05) is 33.9 Å². The van der Waals surface area contributed by atoms with Crippen molar-refractivity contribution < 1.29 is 22.7 Å². The Bertz CT molecular complexity index is 1230. The molecule has 188 valence electrons. The van der Waals surface area contributed by atoms with Gasteiger partial charge in [0, 0.05) is 49.0 Å². The van der Waals surface area contributed by atoms with E-state index >= 15 is 0 Å². The van der Waals surface area contributed by atoms with E-state index in [4.69, 9.17) is 9.47 Å². The molecule has 10 heteroatoms. The minimum atomic E-state index is -3.66. The van der Waals surface area contributed by atoms with Crippen molar-refractivity contribution in [1.29, 1.82) is 0 Å². The molecule has 35 heavy (non-hydrogen) atoms. The lowest BCUT2D eigenvalue weighted by atomic mass is 9.92. The SMILES string of the molecule is COc1ccc(OC)c(S(=O)(=O)N2CCC(CCCCNC(=O)c3cc4cnccc4[nH]3)CC2)c1. The molecule has 1 aliphatic heterocycles. The fourth-order valence-corrected chi connectivity index (χ4v) is 6.15. The largest absolute Gasteiger partial charge is 0.497 e. The first-order valence-corrected chi connectivity index (χ1v) is 13.3. The fraction of sp³-hybridized carbons (Fsp3) is 0.440. The van der Waals surface area contributed by atoms with Gasteiger partial charge in [-0.3, -0.25) is 9.78 Å². The maximum atomic E-state index is 13.2. The standard InChI is InChI=1S/C25H32N4O5S/c1-33-20-6-7-23(34-2)24(16-20)35(31,32)29-13-9-18(10-14-29)5-3-4-11-27-25(30)22-15-19-17-26-12-8-21(19)28-22/h6-8,12,15-18,28H,3-5,9-11,13-14H2,1-2H3,(H,27,30). The van der Waals surface area contributed by atoms with Gasteiger partial charge < -0.3 is 19.8 Å². The molecule has 0 saturated carbocycles. The molecule has 2 aromatic heterocycles. The van der Waals surface area contributed by atoms with Crippen LogP contribution in [0.15, 0.2) is 47.6 Å². The maximum Gasteiger partial charge on any atom is 0.267 e. The van der Waals surface area contributed by atoms with Gasteiger partial charge in [0.05, 0.1) is 14.2 Å². The highest BCUT2D eigenvalue weighted by molar-refractivity contribution is 7.89. The zero-order valence-corrected chi connectivity index (χ0v) is 20.9. The second-order valence-corrected chi connectivity index (χ2v) is 10.7. The van der Waals surface area contributed by atoms with Crippen LogP contribution in [0, 0.1) is 5.92 Å². The van der Waals surface area contributed by atoms with Crippen molar-refractivity contribution >= 4 is 26.8 Å². The number of nitrogens with one attached hydrogen (secondary N) is 2. The molecule has 1 amide bonds. The number of aromatic nitrogens is 2. The molecule has 4 rings (SSSR count). The second-order valence-electron chi connectivity index (χ2n) is 8.76. The quantitative estimate of drug-likeness (QED) is 0.412. The van der Waals surface area contributed by atoms with E-state index in [0.29, 0.717) is 42.7 Å². The normalized spacial score (nSPS) is 15.3. The van der Waals surface area contributed by atoms with E-state index in [1.165, 1.54) is 24.6 Å². The molecule has 1 aromatic carbocycles. The summed E-state index contributed by atoms with van der Waals surface area (Å²) in [7, 11) is -0.688. The number of ether oxygens (including phenoxy) is 2. The molecule has 1 aliphatic rings. The Morgan fingerprint density at radius 1 is 1.14 bits per heavy atom. The number of aromatic amines is 1. The number of amides is 1. The third kappa shape index (κ3) is 5.76. The number of carbonyl (C=O) groups is 1. The lowest BCUT2D eigenvalue weighted by Crippen LogP contribution is -2.38. The number of unbranched alkanes of at least 4 members (excludes halogenated alkanes) is 1. The molecule has 1 fully saturated rings. The third-order valence-electron chi connectivity index (χ3n) is 6.55. The van der Waals surface area contributed by atoms with Gasteiger partial charge in [0.1, 0.15) is 22.1 Å². The summed E-state index contributed by atoms with van der Waals surface area (Å²) in [6.45, 7) is 1.58. The number of methoxy groups -OCH3 is 2. The Balaban J connectivity index is 1.21. The first-order valence-electron chi connectivity index (χ1n) is 11.9. The zero-order chi connectivity index (χ0) is 24.8. The summed E-state index contributed by atoms with van der Waals surface area (Å²) in [6.07, 6.45) is 7.94. The number of fused-ring (bicyclic) bond motifs is 1. The van der Waals surface area contributed by atoms with Crippen molar-refractivity contribution in [3.63, 3.8) is 0 Å². The average molecular weight is 501 g/mol. The van der Waals surface area contributed by atoms with Crippen LogP contribution >= 0.6 is 0 Å². The first kappa shape index (κ1) is 25.0. The average Bonchev–Trinajstić information content (AvgIpc) is 3.33. The van der Waals surface area contributed by atoms with Crippen LogP contribution in [0.5, 0.6) is 11.5 Å². The van der Waals surface area contributed by atoms with Gasteiger partial charge in [0.25, 0.3) is 5.91 Å². The van der Waals surface area contributed by atoms with Gasteiger partial charge in [0.2, 0.25) is 10.0 Å². The zero-order valence-electron chi connectivity index (χ0n) is 20.1. The van der Waals surface area contributed by atoms with E-state index in [0.717, 1.165) is 43.0 Å². The van der Waals surface area contributed by atoms with Crippen LogP contribution in [-0.4, -0.2) is 62.5 Å². The van der Waals surface area contributed by atoms with Crippen LogP contribution in [0.25, 0.3) is 10.9 Å². The van der Waals surface area contributed by atoms with Gasteiger partial charge in [-0.2, -0.15) is 4.31 Å². The predicted molar refractivity (Wildman–Crippen MR) is 133 cm³/mol. The van der Waals surface area contributed by atoms with E-state index in [9.17, 15) is 13.2 Å². The van der Waals surface area contributed by atoms with Gasteiger partial charge in [0.15, 0.2) is 0 Å². The number of hydrogen-bond acceptors (Lipinski definition) is 6. The summed E-state index contributed by atoms with van der Waals surface area (Å²) >= 11 is 0. The van der Waals surface area contributed by atoms with Crippen molar-refractivity contribution in [2.24, 2.45) is 5.92 Å². The molecule has 1 saturated heterocycles. The summed E-state index contributed by atoms with van der Waals surface area (Å²) < 4.78 is 38.5. The maximum absolute atomic E-state index is 13.2. The molecule has 0 bridgehead atoms. The molecule has 9 nitrogen and oxygen atoms in total. The molecule has 3 aromatic rings. The fourth-order valence-electron chi connectivity index (χ4n) is 4.51. The molecular weight excluding hydrogens is 468 g/mol. The van der Waals surface area contributed by atoms with Crippen molar-refractivity contribution in [1.82, 2.24) is 19.6 Å². The van der Waals surface area contributed by atoms with Crippen LogP contribution in [0.1, 0.15) is 42.6 Å². The Morgan fingerprint density at radius 2 is 1.94 bits per heavy atom.